The Morgan fingerprint density at radius 2 is 1.94 bits per heavy atom. The highest BCUT2D eigenvalue weighted by Gasteiger charge is 2.24. The van der Waals surface area contributed by atoms with Crippen LogP contribution in [0.4, 0.5) is 0 Å². The fourth-order valence-corrected chi connectivity index (χ4v) is 5.20. The first-order valence-electron chi connectivity index (χ1n) is 12.0. The summed E-state index contributed by atoms with van der Waals surface area (Å²) in [5.74, 6) is 1.75. The lowest BCUT2D eigenvalue weighted by Crippen LogP contribution is -2.35. The molecule has 1 aliphatic heterocycles. The number of ether oxygens (including phenoxy) is 1. The SMILES string of the molecule is CCCCOc1ccc(C2=CCN(CC3CCc4[nH]c5ccccc5c4C3)CC2)cc1. The Labute approximate surface area is 186 Å². The van der Waals surface area contributed by atoms with Gasteiger partial charge in [0.1, 0.15) is 5.75 Å². The number of para-hydroxylation sites is 1. The predicted molar refractivity (Wildman–Crippen MR) is 130 cm³/mol. The van der Waals surface area contributed by atoms with E-state index in [4.69, 9.17) is 4.74 Å². The normalized spacial score (nSPS) is 19.3. The summed E-state index contributed by atoms with van der Waals surface area (Å²) in [5.41, 5.74) is 7.18. The third kappa shape index (κ3) is 4.57. The van der Waals surface area contributed by atoms with Gasteiger partial charge in [-0.2, -0.15) is 0 Å². The maximum atomic E-state index is 5.81. The van der Waals surface area contributed by atoms with Crippen LogP contribution in [0.25, 0.3) is 16.5 Å². The van der Waals surface area contributed by atoms with Gasteiger partial charge in [0.05, 0.1) is 6.61 Å². The van der Waals surface area contributed by atoms with Gasteiger partial charge in [-0.25, -0.2) is 0 Å². The number of nitrogens with one attached hydrogen (secondary N) is 1. The lowest BCUT2D eigenvalue weighted by atomic mass is 9.85. The molecule has 3 aromatic rings. The molecule has 2 aromatic carbocycles. The van der Waals surface area contributed by atoms with Gasteiger partial charge >= 0.3 is 0 Å². The van der Waals surface area contributed by atoms with E-state index in [-0.39, 0.29) is 0 Å². The van der Waals surface area contributed by atoms with Crippen LogP contribution in [0.5, 0.6) is 5.75 Å². The van der Waals surface area contributed by atoms with Crippen LogP contribution in [-0.4, -0.2) is 36.1 Å². The number of aromatic nitrogens is 1. The highest BCUT2D eigenvalue weighted by atomic mass is 16.5. The summed E-state index contributed by atoms with van der Waals surface area (Å²) in [7, 11) is 0. The van der Waals surface area contributed by atoms with Crippen molar-refractivity contribution < 1.29 is 4.74 Å². The number of benzene rings is 2. The quantitative estimate of drug-likeness (QED) is 0.464. The van der Waals surface area contributed by atoms with E-state index < -0.39 is 0 Å². The molecular formula is C28H34N2O. The molecule has 3 nitrogen and oxygen atoms in total. The summed E-state index contributed by atoms with van der Waals surface area (Å²) in [5, 5.41) is 1.44. The predicted octanol–water partition coefficient (Wildman–Crippen LogP) is 6.24. The second-order valence-corrected chi connectivity index (χ2v) is 9.20. The molecule has 1 unspecified atom stereocenters. The Kier molecular flexibility index (Phi) is 6.13. The van der Waals surface area contributed by atoms with Gasteiger partial charge in [0, 0.05) is 36.2 Å². The number of aromatic amines is 1. The van der Waals surface area contributed by atoms with Crippen molar-refractivity contribution in [3.05, 3.63) is 71.4 Å². The monoisotopic (exact) mass is 414 g/mol. The number of nitrogens with zero attached hydrogens (tertiary/aromatic N) is 1. The van der Waals surface area contributed by atoms with Crippen molar-refractivity contribution in [3.63, 3.8) is 0 Å². The van der Waals surface area contributed by atoms with Crippen LogP contribution in [0.3, 0.4) is 0 Å². The molecule has 1 aliphatic carbocycles. The second kappa shape index (κ2) is 9.32. The summed E-state index contributed by atoms with van der Waals surface area (Å²) in [6, 6.07) is 17.5. The minimum Gasteiger partial charge on any atom is -0.494 e. The largest absolute Gasteiger partial charge is 0.494 e. The molecule has 162 valence electrons. The average Bonchev–Trinajstić information content (AvgIpc) is 3.18. The smallest absolute Gasteiger partial charge is 0.119 e. The zero-order valence-electron chi connectivity index (χ0n) is 18.7. The average molecular weight is 415 g/mol. The maximum absolute atomic E-state index is 5.81. The Morgan fingerprint density at radius 1 is 1.06 bits per heavy atom. The molecule has 0 saturated carbocycles. The van der Waals surface area contributed by atoms with Gasteiger partial charge in [0.25, 0.3) is 0 Å². The lowest BCUT2D eigenvalue weighted by molar-refractivity contribution is 0.238. The van der Waals surface area contributed by atoms with Crippen molar-refractivity contribution in [2.24, 2.45) is 5.92 Å². The zero-order valence-corrected chi connectivity index (χ0v) is 18.7. The number of fused-ring (bicyclic) bond motifs is 3. The van der Waals surface area contributed by atoms with Crippen LogP contribution in [-0.2, 0) is 12.8 Å². The number of hydrogen-bond acceptors (Lipinski definition) is 2. The molecular weight excluding hydrogens is 380 g/mol. The maximum Gasteiger partial charge on any atom is 0.119 e. The van der Waals surface area contributed by atoms with Gasteiger partial charge < -0.3 is 9.72 Å². The van der Waals surface area contributed by atoms with Crippen molar-refractivity contribution in [1.82, 2.24) is 9.88 Å². The van der Waals surface area contributed by atoms with E-state index in [0.29, 0.717) is 0 Å². The molecule has 31 heavy (non-hydrogen) atoms. The topological polar surface area (TPSA) is 28.3 Å². The fourth-order valence-electron chi connectivity index (χ4n) is 5.20. The molecule has 0 amide bonds. The van der Waals surface area contributed by atoms with Crippen LogP contribution in [0, 0.1) is 5.92 Å². The highest BCUT2D eigenvalue weighted by molar-refractivity contribution is 5.84. The standard InChI is InChI=1S/C28H34N2O/c1-2-3-18-31-24-11-9-22(10-12-24)23-14-16-30(17-15-23)20-21-8-13-28-26(19-21)25-6-4-5-7-27(25)29-28/h4-7,9-12,14,21,29H,2-3,8,13,15-20H2,1H3. The van der Waals surface area contributed by atoms with Gasteiger partial charge in [-0.05, 0) is 72.9 Å². The van der Waals surface area contributed by atoms with Crippen LogP contribution < -0.4 is 4.74 Å². The number of hydrogen-bond donors (Lipinski definition) is 1. The second-order valence-electron chi connectivity index (χ2n) is 9.20. The van der Waals surface area contributed by atoms with Gasteiger partial charge in [0.2, 0.25) is 0 Å². The van der Waals surface area contributed by atoms with Crippen molar-refractivity contribution in [2.75, 3.05) is 26.2 Å². The number of aryl methyl sites for hydroxylation is 1. The van der Waals surface area contributed by atoms with Crippen LogP contribution in [0.2, 0.25) is 0 Å². The van der Waals surface area contributed by atoms with E-state index in [1.54, 1.807) is 5.56 Å². The summed E-state index contributed by atoms with van der Waals surface area (Å²) < 4.78 is 5.81. The third-order valence-electron chi connectivity index (χ3n) is 7.00. The Bertz CT molecular complexity index is 1050. The summed E-state index contributed by atoms with van der Waals surface area (Å²) in [4.78, 5) is 6.30. The van der Waals surface area contributed by atoms with Crippen LogP contribution in [0.1, 0.15) is 49.4 Å². The molecule has 2 aliphatic rings. The summed E-state index contributed by atoms with van der Waals surface area (Å²) >= 11 is 0. The van der Waals surface area contributed by atoms with Crippen LogP contribution >= 0.6 is 0 Å². The summed E-state index contributed by atoms with van der Waals surface area (Å²) in [6.45, 7) is 6.46. The molecule has 1 aromatic heterocycles. The molecule has 3 heteroatoms. The van der Waals surface area contributed by atoms with Gasteiger partial charge in [-0.15, -0.1) is 0 Å². The molecule has 2 heterocycles. The first-order chi connectivity index (χ1) is 15.3. The molecule has 0 fully saturated rings. The van der Waals surface area contributed by atoms with E-state index in [0.717, 1.165) is 44.2 Å². The van der Waals surface area contributed by atoms with E-state index in [2.05, 4.69) is 71.4 Å². The molecule has 1 atom stereocenters. The van der Waals surface area contributed by atoms with Gasteiger partial charge in [-0.3, -0.25) is 4.90 Å². The Hall–Kier alpha value is -2.52. The van der Waals surface area contributed by atoms with Crippen LogP contribution in [0.15, 0.2) is 54.6 Å². The van der Waals surface area contributed by atoms with E-state index in [1.165, 1.54) is 60.0 Å². The zero-order chi connectivity index (χ0) is 21.0. The molecule has 0 radical (unpaired) electrons. The Balaban J connectivity index is 1.17. The first-order valence-corrected chi connectivity index (χ1v) is 12.0. The third-order valence-corrected chi connectivity index (χ3v) is 7.00. The number of unbranched alkanes of at least 4 members (excludes halogenated alkanes) is 1. The van der Waals surface area contributed by atoms with E-state index in [9.17, 15) is 0 Å². The molecule has 0 saturated heterocycles. The lowest BCUT2D eigenvalue weighted by Gasteiger charge is -2.32. The minimum absolute atomic E-state index is 0.765. The van der Waals surface area contributed by atoms with Crippen molar-refractivity contribution in [2.45, 2.75) is 45.4 Å². The van der Waals surface area contributed by atoms with Crippen molar-refractivity contribution in [3.8, 4) is 5.75 Å². The van der Waals surface area contributed by atoms with Gasteiger partial charge in [0.15, 0.2) is 0 Å². The van der Waals surface area contributed by atoms with Crippen molar-refractivity contribution in [1.29, 1.82) is 0 Å². The number of H-pyrrole nitrogens is 1. The van der Waals surface area contributed by atoms with E-state index in [1.807, 2.05) is 0 Å². The molecule has 0 bridgehead atoms. The molecule has 1 N–H and O–H groups in total. The summed E-state index contributed by atoms with van der Waals surface area (Å²) in [6.07, 6.45) is 9.57. The van der Waals surface area contributed by atoms with E-state index >= 15 is 0 Å². The molecule has 0 spiro atoms. The van der Waals surface area contributed by atoms with Crippen molar-refractivity contribution >= 4 is 16.5 Å². The first kappa shape index (κ1) is 20.4. The molecule has 5 rings (SSSR count). The fraction of sp³-hybridized carbons (Fsp3) is 0.429. The Morgan fingerprint density at radius 3 is 2.74 bits per heavy atom. The highest BCUT2D eigenvalue weighted by Crippen LogP contribution is 2.33. The number of rotatable bonds is 7. The minimum atomic E-state index is 0.765. The van der Waals surface area contributed by atoms with Gasteiger partial charge in [-0.1, -0.05) is 49.8 Å².